The number of nitrogens with zero attached hydrogens (tertiary/aromatic N) is 2. The second-order valence-electron chi connectivity index (χ2n) is 4.86. The van der Waals surface area contributed by atoms with Crippen LogP contribution in [0.2, 0.25) is 0 Å². The lowest BCUT2D eigenvalue weighted by Gasteiger charge is -2.17. The Labute approximate surface area is 108 Å². The topological polar surface area (TPSA) is 71.9 Å². The first-order valence-electron chi connectivity index (χ1n) is 6.46. The van der Waals surface area contributed by atoms with E-state index in [-0.39, 0.29) is 0 Å². The molecule has 2 N–H and O–H groups in total. The second kappa shape index (κ2) is 6.48. The van der Waals surface area contributed by atoms with Crippen LogP contribution in [-0.2, 0) is 11.3 Å². The zero-order chi connectivity index (χ0) is 12.8. The maximum absolute atomic E-state index is 8.76. The van der Waals surface area contributed by atoms with Crippen molar-refractivity contribution in [3.63, 3.8) is 0 Å². The summed E-state index contributed by atoms with van der Waals surface area (Å²) in [6.45, 7) is 2.08. The monoisotopic (exact) mass is 245 g/mol. The van der Waals surface area contributed by atoms with Crippen molar-refractivity contribution in [1.82, 2.24) is 4.98 Å². The van der Waals surface area contributed by atoms with E-state index in [1.807, 2.05) is 12.1 Å². The van der Waals surface area contributed by atoms with Crippen LogP contribution in [0.25, 0.3) is 0 Å². The summed E-state index contributed by atoms with van der Waals surface area (Å²) in [6, 6.07) is 5.69. The van der Waals surface area contributed by atoms with E-state index in [4.69, 9.17) is 15.7 Å². The molecule has 2 rings (SSSR count). The van der Waals surface area contributed by atoms with Gasteiger partial charge in [0.15, 0.2) is 0 Å². The molecule has 4 nitrogen and oxygen atoms in total. The van der Waals surface area contributed by atoms with Gasteiger partial charge in [-0.1, -0.05) is 6.42 Å². The van der Waals surface area contributed by atoms with Crippen LogP contribution in [0.3, 0.4) is 0 Å². The summed E-state index contributed by atoms with van der Waals surface area (Å²) in [5.74, 6) is 1.23. The van der Waals surface area contributed by atoms with Gasteiger partial charge in [0.05, 0.1) is 13.2 Å². The number of hydrogen-bond acceptors (Lipinski definition) is 4. The van der Waals surface area contributed by atoms with Crippen molar-refractivity contribution in [2.24, 2.45) is 17.6 Å². The predicted octanol–water partition coefficient (Wildman–Crippen LogP) is 1.84. The highest BCUT2D eigenvalue weighted by atomic mass is 16.5. The van der Waals surface area contributed by atoms with E-state index >= 15 is 0 Å². The Balaban J connectivity index is 1.79. The molecule has 0 aliphatic heterocycles. The molecule has 1 aliphatic carbocycles. The molecule has 1 aromatic heterocycles. The zero-order valence-electron chi connectivity index (χ0n) is 10.5. The van der Waals surface area contributed by atoms with Crippen molar-refractivity contribution in [2.45, 2.75) is 25.9 Å². The van der Waals surface area contributed by atoms with E-state index in [0.29, 0.717) is 24.1 Å². The average Bonchev–Trinajstić information content (AvgIpc) is 2.86. The molecular weight excluding hydrogens is 226 g/mol. The summed E-state index contributed by atoms with van der Waals surface area (Å²) in [4.78, 5) is 3.94. The molecule has 1 saturated carbocycles. The Morgan fingerprint density at radius 2 is 2.28 bits per heavy atom. The van der Waals surface area contributed by atoms with Crippen molar-refractivity contribution in [3.8, 4) is 6.07 Å². The minimum atomic E-state index is 0.441. The van der Waals surface area contributed by atoms with Crippen LogP contribution in [-0.4, -0.2) is 18.1 Å². The lowest BCUT2D eigenvalue weighted by Crippen LogP contribution is -2.22. The average molecular weight is 245 g/mol. The first kappa shape index (κ1) is 13.0. The molecule has 18 heavy (non-hydrogen) atoms. The highest BCUT2D eigenvalue weighted by molar-refractivity contribution is 5.24. The first-order chi connectivity index (χ1) is 8.83. The number of aromatic nitrogens is 1. The summed E-state index contributed by atoms with van der Waals surface area (Å²) in [6.07, 6.45) is 5.37. The standard InChI is InChI=1S/C14H19N3O/c15-7-12-2-1-3-13(12)10-18-9-11-4-5-17-14(6-11)8-16/h4-6,12-13H,1-3,7,9-10,15H2. The molecule has 4 heteroatoms. The normalized spacial score (nSPS) is 22.9. The zero-order valence-corrected chi connectivity index (χ0v) is 10.5. The third-order valence-electron chi connectivity index (χ3n) is 3.66. The van der Waals surface area contributed by atoms with Gasteiger partial charge in [0.2, 0.25) is 0 Å². The number of hydrogen-bond donors (Lipinski definition) is 1. The quantitative estimate of drug-likeness (QED) is 0.859. The molecule has 0 spiro atoms. The number of pyridine rings is 1. The maximum atomic E-state index is 8.76. The highest BCUT2D eigenvalue weighted by Gasteiger charge is 2.25. The first-order valence-corrected chi connectivity index (χ1v) is 6.46. The molecule has 1 heterocycles. The molecule has 0 amide bonds. The van der Waals surface area contributed by atoms with Gasteiger partial charge in [-0.2, -0.15) is 5.26 Å². The largest absolute Gasteiger partial charge is 0.376 e. The molecule has 0 radical (unpaired) electrons. The Hall–Kier alpha value is -1.44. The van der Waals surface area contributed by atoms with Crippen LogP contribution in [0.1, 0.15) is 30.5 Å². The van der Waals surface area contributed by atoms with Crippen LogP contribution in [0.15, 0.2) is 18.3 Å². The van der Waals surface area contributed by atoms with E-state index in [1.54, 1.807) is 12.3 Å². The molecular formula is C14H19N3O. The van der Waals surface area contributed by atoms with E-state index < -0.39 is 0 Å². The lowest BCUT2D eigenvalue weighted by molar-refractivity contribution is 0.0753. The van der Waals surface area contributed by atoms with Crippen LogP contribution < -0.4 is 5.73 Å². The fourth-order valence-electron chi connectivity index (χ4n) is 2.60. The molecule has 2 unspecified atom stereocenters. The minimum Gasteiger partial charge on any atom is -0.376 e. The molecule has 1 aliphatic rings. The van der Waals surface area contributed by atoms with Gasteiger partial charge < -0.3 is 10.5 Å². The maximum Gasteiger partial charge on any atom is 0.140 e. The number of ether oxygens (including phenoxy) is 1. The van der Waals surface area contributed by atoms with E-state index in [0.717, 1.165) is 18.7 Å². The summed E-state index contributed by atoms with van der Waals surface area (Å²) >= 11 is 0. The number of rotatable bonds is 5. The number of nitrogens with two attached hydrogens (primary N) is 1. The van der Waals surface area contributed by atoms with Crippen LogP contribution in [0.4, 0.5) is 0 Å². The van der Waals surface area contributed by atoms with Gasteiger partial charge >= 0.3 is 0 Å². The molecule has 0 bridgehead atoms. The lowest BCUT2D eigenvalue weighted by atomic mass is 9.97. The third kappa shape index (κ3) is 3.28. The van der Waals surface area contributed by atoms with Crippen molar-refractivity contribution >= 4 is 0 Å². The highest BCUT2D eigenvalue weighted by Crippen LogP contribution is 2.31. The van der Waals surface area contributed by atoms with Crippen molar-refractivity contribution in [3.05, 3.63) is 29.6 Å². The molecule has 1 fully saturated rings. The Kier molecular flexibility index (Phi) is 4.68. The van der Waals surface area contributed by atoms with Gasteiger partial charge in [-0.3, -0.25) is 0 Å². The van der Waals surface area contributed by atoms with E-state index in [9.17, 15) is 0 Å². The SMILES string of the molecule is N#Cc1cc(COCC2CCCC2CN)ccn1. The van der Waals surface area contributed by atoms with Gasteiger partial charge in [-0.05, 0) is 48.9 Å². The Morgan fingerprint density at radius 3 is 3.06 bits per heavy atom. The number of nitriles is 1. The van der Waals surface area contributed by atoms with Gasteiger partial charge in [0.1, 0.15) is 11.8 Å². The Morgan fingerprint density at radius 1 is 1.44 bits per heavy atom. The fourth-order valence-corrected chi connectivity index (χ4v) is 2.60. The molecule has 96 valence electrons. The van der Waals surface area contributed by atoms with Crippen molar-refractivity contribution in [2.75, 3.05) is 13.2 Å². The van der Waals surface area contributed by atoms with Crippen molar-refractivity contribution < 1.29 is 4.74 Å². The molecule has 1 aromatic rings. The van der Waals surface area contributed by atoms with Crippen LogP contribution in [0, 0.1) is 23.2 Å². The van der Waals surface area contributed by atoms with Crippen molar-refractivity contribution in [1.29, 1.82) is 5.26 Å². The second-order valence-corrected chi connectivity index (χ2v) is 4.86. The minimum absolute atomic E-state index is 0.441. The van der Waals surface area contributed by atoms with Gasteiger partial charge in [0.25, 0.3) is 0 Å². The van der Waals surface area contributed by atoms with E-state index in [2.05, 4.69) is 4.98 Å². The van der Waals surface area contributed by atoms with Crippen LogP contribution in [0.5, 0.6) is 0 Å². The molecule has 0 aromatic carbocycles. The third-order valence-corrected chi connectivity index (χ3v) is 3.66. The summed E-state index contributed by atoms with van der Waals surface area (Å²) in [7, 11) is 0. The predicted molar refractivity (Wildman–Crippen MR) is 68.5 cm³/mol. The van der Waals surface area contributed by atoms with Gasteiger partial charge in [-0.25, -0.2) is 4.98 Å². The van der Waals surface area contributed by atoms with Gasteiger partial charge in [0, 0.05) is 6.20 Å². The summed E-state index contributed by atoms with van der Waals surface area (Å²) in [5.41, 5.74) is 7.19. The Bertz CT molecular complexity index is 427. The summed E-state index contributed by atoms with van der Waals surface area (Å²) in [5, 5.41) is 8.76. The molecule has 0 saturated heterocycles. The molecule has 2 atom stereocenters. The fraction of sp³-hybridized carbons (Fsp3) is 0.571. The van der Waals surface area contributed by atoms with E-state index in [1.165, 1.54) is 19.3 Å². The smallest absolute Gasteiger partial charge is 0.140 e. The van der Waals surface area contributed by atoms with Crippen LogP contribution >= 0.6 is 0 Å². The van der Waals surface area contributed by atoms with Gasteiger partial charge in [-0.15, -0.1) is 0 Å². The summed E-state index contributed by atoms with van der Waals surface area (Å²) < 4.78 is 5.74.